The fraction of sp³-hybridized carbons (Fsp3) is 0.500. The molecule has 0 unspecified atom stereocenters. The molecule has 1 N–H and O–H groups in total. The molecular weight excluding hydrogens is 266 g/mol. The summed E-state index contributed by atoms with van der Waals surface area (Å²) in [4.78, 5) is 11.4. The summed E-state index contributed by atoms with van der Waals surface area (Å²) in [5, 5.41) is 2.68. The van der Waals surface area contributed by atoms with Crippen LogP contribution < -0.4 is 10.1 Å². The quantitative estimate of drug-likeness (QED) is 0.659. The molecule has 1 aliphatic heterocycles. The fourth-order valence-electron chi connectivity index (χ4n) is 2.03. The van der Waals surface area contributed by atoms with Gasteiger partial charge < -0.3 is 9.47 Å². The Labute approximate surface area is 118 Å². The van der Waals surface area contributed by atoms with Crippen molar-refractivity contribution in [2.75, 3.05) is 17.8 Å². The lowest BCUT2D eigenvalue weighted by Crippen LogP contribution is -2.34. The average molecular weight is 284 g/mol. The van der Waals surface area contributed by atoms with Crippen LogP contribution in [-0.2, 0) is 10.3 Å². The number of hydrogen-bond donors (Lipinski definition) is 1. The summed E-state index contributed by atoms with van der Waals surface area (Å²) in [6.07, 6.45) is 1.45. The molecule has 0 bridgehead atoms. The highest BCUT2D eigenvalue weighted by Crippen LogP contribution is 2.37. The van der Waals surface area contributed by atoms with Gasteiger partial charge in [-0.3, -0.25) is 5.32 Å². The van der Waals surface area contributed by atoms with E-state index in [1.165, 1.54) is 0 Å². The molecule has 0 fully saturated rings. The number of hydrogen-bond acceptors (Lipinski definition) is 3. The molecule has 2 rings (SSSR count). The predicted molar refractivity (Wildman–Crippen MR) is 75.0 cm³/mol. The Bertz CT molecular complexity index is 474. The molecule has 19 heavy (non-hydrogen) atoms. The van der Waals surface area contributed by atoms with Crippen molar-refractivity contribution in [1.82, 2.24) is 0 Å². The number of anilines is 1. The number of carbonyl (C=O) groups excluding carboxylic acids is 1. The SMILES string of the molecule is CC1(C)OC(=O)Nc2ccc(OCCCCCl)cc21. The first kappa shape index (κ1) is 14.0. The summed E-state index contributed by atoms with van der Waals surface area (Å²) in [6, 6.07) is 5.60. The normalized spacial score (nSPS) is 16.3. The van der Waals surface area contributed by atoms with E-state index in [0.717, 1.165) is 29.8 Å². The van der Waals surface area contributed by atoms with Gasteiger partial charge in [-0.2, -0.15) is 0 Å². The zero-order valence-corrected chi connectivity index (χ0v) is 11.9. The number of benzene rings is 1. The van der Waals surface area contributed by atoms with Crippen molar-refractivity contribution < 1.29 is 14.3 Å². The van der Waals surface area contributed by atoms with E-state index in [2.05, 4.69) is 5.32 Å². The van der Waals surface area contributed by atoms with Crippen LogP contribution in [0.4, 0.5) is 10.5 Å². The highest BCUT2D eigenvalue weighted by atomic mass is 35.5. The van der Waals surface area contributed by atoms with Gasteiger partial charge in [-0.15, -0.1) is 11.6 Å². The Morgan fingerprint density at radius 3 is 2.89 bits per heavy atom. The van der Waals surface area contributed by atoms with Crippen molar-refractivity contribution in [3.8, 4) is 5.75 Å². The van der Waals surface area contributed by atoms with E-state index in [-0.39, 0.29) is 0 Å². The molecule has 1 aromatic carbocycles. The minimum absolute atomic E-state index is 0.423. The van der Waals surface area contributed by atoms with Gasteiger partial charge in [0.2, 0.25) is 0 Å². The number of rotatable bonds is 5. The van der Waals surface area contributed by atoms with Crippen molar-refractivity contribution >= 4 is 23.4 Å². The van der Waals surface area contributed by atoms with Crippen LogP contribution in [0.1, 0.15) is 32.3 Å². The number of amides is 1. The van der Waals surface area contributed by atoms with Crippen molar-refractivity contribution in [2.45, 2.75) is 32.3 Å². The van der Waals surface area contributed by atoms with Crippen LogP contribution in [0.15, 0.2) is 18.2 Å². The van der Waals surface area contributed by atoms with Crippen LogP contribution in [0, 0.1) is 0 Å². The van der Waals surface area contributed by atoms with Gasteiger partial charge in [0.15, 0.2) is 0 Å². The maximum atomic E-state index is 11.4. The summed E-state index contributed by atoms with van der Waals surface area (Å²) < 4.78 is 10.9. The smallest absolute Gasteiger partial charge is 0.412 e. The molecule has 0 saturated heterocycles. The van der Waals surface area contributed by atoms with Gasteiger partial charge in [0.05, 0.1) is 12.3 Å². The third kappa shape index (κ3) is 3.32. The summed E-state index contributed by atoms with van der Waals surface area (Å²) >= 11 is 5.62. The molecule has 0 saturated carbocycles. The number of alkyl halides is 1. The molecule has 4 nitrogen and oxygen atoms in total. The van der Waals surface area contributed by atoms with Crippen LogP contribution in [0.3, 0.4) is 0 Å². The Hall–Kier alpha value is -1.42. The van der Waals surface area contributed by atoms with Gasteiger partial charge in [-0.25, -0.2) is 4.79 Å². The lowest BCUT2D eigenvalue weighted by molar-refractivity contribution is 0.0418. The van der Waals surface area contributed by atoms with Crippen molar-refractivity contribution in [3.05, 3.63) is 23.8 Å². The molecule has 104 valence electrons. The number of nitrogens with one attached hydrogen (secondary N) is 1. The fourth-order valence-corrected chi connectivity index (χ4v) is 2.22. The molecule has 0 radical (unpaired) electrons. The largest absolute Gasteiger partial charge is 0.494 e. The number of fused-ring (bicyclic) bond motifs is 1. The Balaban J connectivity index is 2.12. The Morgan fingerprint density at radius 2 is 2.16 bits per heavy atom. The molecule has 0 spiro atoms. The molecule has 1 heterocycles. The topological polar surface area (TPSA) is 47.6 Å². The van der Waals surface area contributed by atoms with Gasteiger partial charge in [0, 0.05) is 11.4 Å². The summed E-state index contributed by atoms with van der Waals surface area (Å²) in [6.45, 7) is 4.36. The van der Waals surface area contributed by atoms with Gasteiger partial charge in [-0.1, -0.05) is 0 Å². The monoisotopic (exact) mass is 283 g/mol. The maximum Gasteiger partial charge on any atom is 0.412 e. The first-order chi connectivity index (χ1) is 9.03. The lowest BCUT2D eigenvalue weighted by Gasteiger charge is -2.32. The molecule has 1 aromatic rings. The van der Waals surface area contributed by atoms with E-state index in [4.69, 9.17) is 21.1 Å². The van der Waals surface area contributed by atoms with Crippen LogP contribution >= 0.6 is 11.6 Å². The number of ether oxygens (including phenoxy) is 2. The molecule has 5 heteroatoms. The van der Waals surface area contributed by atoms with Gasteiger partial charge >= 0.3 is 6.09 Å². The highest BCUT2D eigenvalue weighted by molar-refractivity contribution is 6.17. The van der Waals surface area contributed by atoms with E-state index >= 15 is 0 Å². The average Bonchev–Trinajstić information content (AvgIpc) is 2.34. The minimum Gasteiger partial charge on any atom is -0.494 e. The molecule has 0 atom stereocenters. The van der Waals surface area contributed by atoms with E-state index in [1.807, 2.05) is 32.0 Å². The van der Waals surface area contributed by atoms with Crippen molar-refractivity contribution in [2.24, 2.45) is 0 Å². The first-order valence-electron chi connectivity index (χ1n) is 6.36. The number of carbonyl (C=O) groups is 1. The van der Waals surface area contributed by atoms with E-state index in [9.17, 15) is 4.79 Å². The number of halogens is 1. The van der Waals surface area contributed by atoms with Crippen molar-refractivity contribution in [3.63, 3.8) is 0 Å². The van der Waals surface area contributed by atoms with Crippen LogP contribution in [0.2, 0.25) is 0 Å². The molecule has 0 aromatic heterocycles. The standard InChI is InChI=1S/C14H18ClNO3/c1-14(2)11-9-10(18-8-4-3-7-15)5-6-12(11)16-13(17)19-14/h5-6,9H,3-4,7-8H2,1-2H3,(H,16,17). The van der Waals surface area contributed by atoms with Crippen LogP contribution in [0.5, 0.6) is 5.75 Å². The summed E-state index contributed by atoms with van der Waals surface area (Å²) in [7, 11) is 0. The lowest BCUT2D eigenvalue weighted by atomic mass is 9.94. The van der Waals surface area contributed by atoms with Gasteiger partial charge in [0.1, 0.15) is 11.4 Å². The summed E-state index contributed by atoms with van der Waals surface area (Å²) in [5.74, 6) is 1.43. The second-order valence-corrected chi connectivity index (χ2v) is 5.35. The third-order valence-corrected chi connectivity index (χ3v) is 3.29. The van der Waals surface area contributed by atoms with Gasteiger partial charge in [0.25, 0.3) is 0 Å². The summed E-state index contributed by atoms with van der Waals surface area (Å²) in [5.41, 5.74) is 1.05. The predicted octanol–water partition coefficient (Wildman–Crippen LogP) is 3.88. The zero-order valence-electron chi connectivity index (χ0n) is 11.2. The minimum atomic E-state index is -0.646. The first-order valence-corrected chi connectivity index (χ1v) is 6.89. The van der Waals surface area contributed by atoms with Gasteiger partial charge in [-0.05, 0) is 44.9 Å². The van der Waals surface area contributed by atoms with E-state index in [0.29, 0.717) is 12.5 Å². The molecular formula is C14H18ClNO3. The molecule has 0 aliphatic carbocycles. The Kier molecular flexibility index (Phi) is 4.20. The van der Waals surface area contributed by atoms with E-state index < -0.39 is 11.7 Å². The highest BCUT2D eigenvalue weighted by Gasteiger charge is 2.33. The third-order valence-electron chi connectivity index (χ3n) is 3.02. The number of cyclic esters (lactones) is 1. The number of unbranched alkanes of at least 4 members (excludes halogenated alkanes) is 1. The maximum absolute atomic E-state index is 11.4. The zero-order chi connectivity index (χ0) is 13.9. The van der Waals surface area contributed by atoms with Crippen LogP contribution in [0.25, 0.3) is 0 Å². The Morgan fingerprint density at radius 1 is 1.37 bits per heavy atom. The second-order valence-electron chi connectivity index (χ2n) is 4.98. The molecule has 1 aliphatic rings. The second kappa shape index (κ2) is 5.70. The van der Waals surface area contributed by atoms with E-state index in [1.54, 1.807) is 0 Å². The molecule has 1 amide bonds. The van der Waals surface area contributed by atoms with Crippen LogP contribution in [-0.4, -0.2) is 18.6 Å². The van der Waals surface area contributed by atoms with Crippen molar-refractivity contribution in [1.29, 1.82) is 0 Å².